The topological polar surface area (TPSA) is 40.1 Å². The van der Waals surface area contributed by atoms with Gasteiger partial charge in [-0.25, -0.2) is 4.39 Å². The minimum atomic E-state index is -0.189. The summed E-state index contributed by atoms with van der Waals surface area (Å²) in [5.41, 5.74) is 0.996. The summed E-state index contributed by atoms with van der Waals surface area (Å²) in [4.78, 5) is 8.92. The SMILES string of the molecule is CN1CCN=C1NCC(c1cccc(F)c1)N1CCOCC1. The van der Waals surface area contributed by atoms with E-state index in [-0.39, 0.29) is 11.9 Å². The molecular weight excluding hydrogens is 283 g/mol. The van der Waals surface area contributed by atoms with Gasteiger partial charge in [0.05, 0.1) is 25.8 Å². The number of likely N-dealkylation sites (N-methyl/N-ethyl adjacent to an activating group) is 1. The van der Waals surface area contributed by atoms with Crippen molar-refractivity contribution in [3.05, 3.63) is 35.6 Å². The van der Waals surface area contributed by atoms with Crippen LogP contribution in [0.25, 0.3) is 0 Å². The minimum Gasteiger partial charge on any atom is -0.379 e. The first kappa shape index (κ1) is 15.2. The van der Waals surface area contributed by atoms with Gasteiger partial charge >= 0.3 is 0 Å². The normalized spacial score (nSPS) is 20.8. The maximum Gasteiger partial charge on any atom is 0.193 e. The summed E-state index contributed by atoms with van der Waals surface area (Å²) in [6.07, 6.45) is 0. The van der Waals surface area contributed by atoms with Gasteiger partial charge in [-0.2, -0.15) is 0 Å². The van der Waals surface area contributed by atoms with Crippen LogP contribution in [-0.2, 0) is 4.74 Å². The number of hydrogen-bond acceptors (Lipinski definition) is 5. The molecule has 1 saturated heterocycles. The molecule has 1 N–H and O–H groups in total. The lowest BCUT2D eigenvalue weighted by atomic mass is 10.0. The highest BCUT2D eigenvalue weighted by molar-refractivity contribution is 5.81. The predicted molar refractivity (Wildman–Crippen MR) is 84.5 cm³/mol. The number of hydrogen-bond donors (Lipinski definition) is 1. The Morgan fingerprint density at radius 3 is 2.82 bits per heavy atom. The van der Waals surface area contributed by atoms with Crippen LogP contribution in [0.1, 0.15) is 11.6 Å². The summed E-state index contributed by atoms with van der Waals surface area (Å²) in [7, 11) is 2.03. The maximum absolute atomic E-state index is 13.6. The molecule has 5 nitrogen and oxygen atoms in total. The number of halogens is 1. The van der Waals surface area contributed by atoms with Gasteiger partial charge in [0, 0.05) is 33.2 Å². The molecule has 2 aliphatic rings. The molecule has 6 heteroatoms. The van der Waals surface area contributed by atoms with E-state index in [0.29, 0.717) is 6.54 Å². The van der Waals surface area contributed by atoms with Gasteiger partial charge < -0.3 is 15.0 Å². The molecule has 0 radical (unpaired) electrons. The number of ether oxygens (including phenoxy) is 1. The Kier molecular flexibility index (Phi) is 4.90. The number of morpholine rings is 1. The van der Waals surface area contributed by atoms with E-state index in [9.17, 15) is 4.39 Å². The van der Waals surface area contributed by atoms with E-state index in [1.165, 1.54) is 6.07 Å². The van der Waals surface area contributed by atoms with E-state index < -0.39 is 0 Å². The Morgan fingerprint density at radius 2 is 2.14 bits per heavy atom. The van der Waals surface area contributed by atoms with Crippen molar-refractivity contribution in [2.75, 3.05) is 53.0 Å². The summed E-state index contributed by atoms with van der Waals surface area (Å²) < 4.78 is 19.0. The summed E-state index contributed by atoms with van der Waals surface area (Å²) in [5, 5.41) is 3.42. The van der Waals surface area contributed by atoms with Crippen LogP contribution >= 0.6 is 0 Å². The summed E-state index contributed by atoms with van der Waals surface area (Å²) in [5.74, 6) is 0.737. The van der Waals surface area contributed by atoms with Crippen LogP contribution in [-0.4, -0.2) is 68.7 Å². The molecule has 0 bridgehead atoms. The van der Waals surface area contributed by atoms with Crippen molar-refractivity contribution >= 4 is 5.96 Å². The Labute approximate surface area is 130 Å². The molecule has 22 heavy (non-hydrogen) atoms. The molecule has 1 aromatic carbocycles. The zero-order valence-corrected chi connectivity index (χ0v) is 13.0. The first-order valence-electron chi connectivity index (χ1n) is 7.81. The van der Waals surface area contributed by atoms with Crippen molar-refractivity contribution in [3.63, 3.8) is 0 Å². The molecule has 0 amide bonds. The van der Waals surface area contributed by atoms with Gasteiger partial charge in [0.25, 0.3) is 0 Å². The third kappa shape index (κ3) is 3.56. The van der Waals surface area contributed by atoms with Crippen molar-refractivity contribution in [2.24, 2.45) is 4.99 Å². The lowest BCUT2D eigenvalue weighted by Gasteiger charge is -2.35. The first-order valence-corrected chi connectivity index (χ1v) is 7.81. The van der Waals surface area contributed by atoms with Crippen molar-refractivity contribution in [1.82, 2.24) is 15.1 Å². The molecule has 3 rings (SSSR count). The fourth-order valence-electron chi connectivity index (χ4n) is 2.97. The lowest BCUT2D eigenvalue weighted by molar-refractivity contribution is 0.0169. The highest BCUT2D eigenvalue weighted by Gasteiger charge is 2.24. The fraction of sp³-hybridized carbons (Fsp3) is 0.562. The van der Waals surface area contributed by atoms with E-state index in [1.807, 2.05) is 13.1 Å². The van der Waals surface area contributed by atoms with Gasteiger partial charge in [-0.05, 0) is 17.7 Å². The molecule has 1 unspecified atom stereocenters. The number of nitrogens with one attached hydrogen (secondary N) is 1. The van der Waals surface area contributed by atoms with Gasteiger partial charge in [0.15, 0.2) is 5.96 Å². The monoisotopic (exact) mass is 306 g/mol. The van der Waals surface area contributed by atoms with Crippen LogP contribution in [0.4, 0.5) is 4.39 Å². The largest absolute Gasteiger partial charge is 0.379 e. The molecule has 0 aliphatic carbocycles. The van der Waals surface area contributed by atoms with Crippen molar-refractivity contribution < 1.29 is 9.13 Å². The second kappa shape index (κ2) is 7.07. The Hall–Kier alpha value is -1.66. The Balaban J connectivity index is 1.73. The average molecular weight is 306 g/mol. The van der Waals surface area contributed by atoms with Crippen molar-refractivity contribution in [2.45, 2.75) is 6.04 Å². The van der Waals surface area contributed by atoms with Gasteiger partial charge in [0.1, 0.15) is 5.82 Å². The van der Waals surface area contributed by atoms with Crippen LogP contribution < -0.4 is 5.32 Å². The number of benzene rings is 1. The number of rotatable bonds is 4. The van der Waals surface area contributed by atoms with Gasteiger partial charge in [-0.3, -0.25) is 9.89 Å². The van der Waals surface area contributed by atoms with Gasteiger partial charge in [0.2, 0.25) is 0 Å². The van der Waals surface area contributed by atoms with Crippen molar-refractivity contribution in [1.29, 1.82) is 0 Å². The van der Waals surface area contributed by atoms with Crippen LogP contribution in [0.2, 0.25) is 0 Å². The van der Waals surface area contributed by atoms with Crippen LogP contribution in [0.5, 0.6) is 0 Å². The molecule has 1 aromatic rings. The summed E-state index contributed by atoms with van der Waals surface area (Å²) >= 11 is 0. The third-order valence-corrected chi connectivity index (χ3v) is 4.23. The smallest absolute Gasteiger partial charge is 0.193 e. The average Bonchev–Trinajstić information content (AvgIpc) is 2.94. The molecule has 120 valence electrons. The van der Waals surface area contributed by atoms with Crippen LogP contribution in [0.3, 0.4) is 0 Å². The molecule has 0 aromatic heterocycles. The van der Waals surface area contributed by atoms with Gasteiger partial charge in [-0.15, -0.1) is 0 Å². The first-order chi connectivity index (χ1) is 10.7. The predicted octanol–water partition coefficient (Wildman–Crippen LogP) is 1.09. The summed E-state index contributed by atoms with van der Waals surface area (Å²) in [6, 6.07) is 7.00. The standard InChI is InChI=1S/C16H23FN4O/c1-20-6-5-18-16(20)19-12-15(21-7-9-22-10-8-21)13-3-2-4-14(17)11-13/h2-4,11,15H,5-10,12H2,1H3,(H,18,19). The highest BCUT2D eigenvalue weighted by Crippen LogP contribution is 2.22. The fourth-order valence-corrected chi connectivity index (χ4v) is 2.97. The zero-order chi connectivity index (χ0) is 15.4. The Bertz CT molecular complexity index is 531. The van der Waals surface area contributed by atoms with E-state index in [2.05, 4.69) is 20.1 Å². The molecular formula is C16H23FN4O. The van der Waals surface area contributed by atoms with E-state index in [4.69, 9.17) is 4.74 Å². The number of guanidine groups is 1. The molecule has 1 fully saturated rings. The van der Waals surface area contributed by atoms with Gasteiger partial charge in [-0.1, -0.05) is 12.1 Å². The maximum atomic E-state index is 13.6. The van der Waals surface area contributed by atoms with E-state index >= 15 is 0 Å². The number of aliphatic imine (C=N–C) groups is 1. The van der Waals surface area contributed by atoms with E-state index in [0.717, 1.165) is 50.9 Å². The van der Waals surface area contributed by atoms with Crippen molar-refractivity contribution in [3.8, 4) is 0 Å². The quantitative estimate of drug-likeness (QED) is 0.904. The van der Waals surface area contributed by atoms with E-state index in [1.54, 1.807) is 12.1 Å². The third-order valence-electron chi connectivity index (χ3n) is 4.23. The molecule has 0 saturated carbocycles. The molecule has 0 spiro atoms. The second-order valence-electron chi connectivity index (χ2n) is 5.73. The van der Waals surface area contributed by atoms with Crippen LogP contribution in [0.15, 0.2) is 29.3 Å². The second-order valence-corrected chi connectivity index (χ2v) is 5.73. The lowest BCUT2D eigenvalue weighted by Crippen LogP contribution is -2.45. The zero-order valence-electron chi connectivity index (χ0n) is 13.0. The highest BCUT2D eigenvalue weighted by atomic mass is 19.1. The molecule has 2 aliphatic heterocycles. The van der Waals surface area contributed by atoms with Crippen LogP contribution in [0, 0.1) is 5.82 Å². The Morgan fingerprint density at radius 1 is 1.32 bits per heavy atom. The number of nitrogens with zero attached hydrogens (tertiary/aromatic N) is 3. The molecule has 1 atom stereocenters. The minimum absolute atomic E-state index is 0.122. The molecule has 2 heterocycles. The summed E-state index contributed by atoms with van der Waals surface area (Å²) in [6.45, 7) is 5.69.